The van der Waals surface area contributed by atoms with Crippen LogP contribution in [0.4, 0.5) is 4.39 Å². The van der Waals surface area contributed by atoms with Gasteiger partial charge in [-0.25, -0.2) is 9.07 Å². The number of benzene rings is 2. The molecular weight excluding hydrogens is 502 g/mol. The van der Waals surface area contributed by atoms with Gasteiger partial charge in [-0.2, -0.15) is 5.10 Å². The number of carbonyl (C=O) groups excluding carboxylic acids is 2. The Morgan fingerprint density at radius 2 is 2.10 bits per heavy atom. The highest BCUT2D eigenvalue weighted by molar-refractivity contribution is 14.1. The summed E-state index contributed by atoms with van der Waals surface area (Å²) in [7, 11) is 1.58. The van der Waals surface area contributed by atoms with Gasteiger partial charge in [-0.15, -0.1) is 0 Å². The van der Waals surface area contributed by atoms with Gasteiger partial charge in [0.2, 0.25) is 5.91 Å². The second-order valence-corrected chi connectivity index (χ2v) is 7.49. The molecule has 1 fully saturated rings. The van der Waals surface area contributed by atoms with Gasteiger partial charge in [0.1, 0.15) is 18.1 Å². The number of carbonyl (C=O) groups is 2. The van der Waals surface area contributed by atoms with Gasteiger partial charge in [0.05, 0.1) is 25.2 Å². The van der Waals surface area contributed by atoms with Crippen molar-refractivity contribution in [2.24, 2.45) is 0 Å². The molecule has 2 heterocycles. The molecule has 154 valence electrons. The lowest BCUT2D eigenvalue weighted by Gasteiger charge is -2.11. The number of ether oxygens (including phenoxy) is 1. The first-order valence-corrected chi connectivity index (χ1v) is 10.7. The maximum Gasteiger partial charge on any atom is 0.276 e. The maximum atomic E-state index is 14.0. The molecule has 4 rings (SSSR count). The molecule has 1 aliphatic heterocycles. The fourth-order valence-electron chi connectivity index (χ4n) is 3.24. The van der Waals surface area contributed by atoms with Gasteiger partial charge >= 0.3 is 0 Å². The minimum absolute atomic E-state index is 0.00425. The summed E-state index contributed by atoms with van der Waals surface area (Å²) in [5.74, 6) is -0.191. The van der Waals surface area contributed by atoms with Crippen LogP contribution in [0, 0.1) is 5.82 Å². The summed E-state index contributed by atoms with van der Waals surface area (Å²) in [4.78, 5) is 25.8. The molecule has 1 saturated heterocycles. The second kappa shape index (κ2) is 8.42. The Hall–Kier alpha value is -2.95. The van der Waals surface area contributed by atoms with Crippen LogP contribution in [0.1, 0.15) is 16.1 Å². The zero-order valence-corrected chi connectivity index (χ0v) is 18.2. The van der Waals surface area contributed by atoms with Gasteiger partial charge in [-0.05, 0) is 42.0 Å². The summed E-state index contributed by atoms with van der Waals surface area (Å²) < 4.78 is 21.5. The summed E-state index contributed by atoms with van der Waals surface area (Å²) in [6.45, 7) is 0.143. The van der Waals surface area contributed by atoms with Crippen LogP contribution >= 0.6 is 22.6 Å². The van der Waals surface area contributed by atoms with Crippen molar-refractivity contribution in [3.05, 3.63) is 65.6 Å². The number of alkyl halides is 1. The average Bonchev–Trinajstić information content (AvgIpc) is 3.40. The largest absolute Gasteiger partial charge is 0.497 e. The van der Waals surface area contributed by atoms with E-state index in [1.54, 1.807) is 30.0 Å². The maximum absolute atomic E-state index is 14.0. The zero-order valence-electron chi connectivity index (χ0n) is 16.1. The summed E-state index contributed by atoms with van der Waals surface area (Å²) in [5, 5.41) is 7.12. The predicted octanol–water partition coefficient (Wildman–Crippen LogP) is 3.15. The Morgan fingerprint density at radius 1 is 1.27 bits per heavy atom. The van der Waals surface area contributed by atoms with Crippen molar-refractivity contribution in [2.45, 2.75) is 4.43 Å². The monoisotopic (exact) mass is 520 g/mol. The Labute approximate surface area is 186 Å². The highest BCUT2D eigenvalue weighted by Crippen LogP contribution is 2.28. The van der Waals surface area contributed by atoms with Crippen LogP contribution in [0.3, 0.4) is 0 Å². The SMILES string of the molecule is COc1cccc(-c2cc(C(=O)N3CNC(=O)C3)nn2-c2ccc(F)c(CI)c2)c1. The van der Waals surface area contributed by atoms with E-state index in [2.05, 4.69) is 33.0 Å². The molecule has 0 bridgehead atoms. The Bertz CT molecular complexity index is 1130. The van der Waals surface area contributed by atoms with E-state index in [-0.39, 0.29) is 36.5 Å². The number of hydrogen-bond donors (Lipinski definition) is 1. The molecule has 0 radical (unpaired) electrons. The normalized spacial score (nSPS) is 13.4. The number of halogens is 2. The summed E-state index contributed by atoms with van der Waals surface area (Å²) >= 11 is 2.10. The first-order chi connectivity index (χ1) is 14.5. The number of nitrogens with one attached hydrogen (secondary N) is 1. The van der Waals surface area contributed by atoms with E-state index in [4.69, 9.17) is 4.74 Å². The Balaban J connectivity index is 1.83. The highest BCUT2D eigenvalue weighted by atomic mass is 127. The van der Waals surface area contributed by atoms with Crippen LogP contribution in [0.5, 0.6) is 5.75 Å². The topological polar surface area (TPSA) is 76.5 Å². The van der Waals surface area contributed by atoms with Crippen molar-refractivity contribution >= 4 is 34.4 Å². The molecule has 1 aliphatic rings. The van der Waals surface area contributed by atoms with Crippen molar-refractivity contribution in [1.82, 2.24) is 20.0 Å². The van der Waals surface area contributed by atoms with Crippen LogP contribution < -0.4 is 10.1 Å². The number of aromatic nitrogens is 2. The third-order valence-corrected chi connectivity index (χ3v) is 5.62. The van der Waals surface area contributed by atoms with E-state index in [9.17, 15) is 14.0 Å². The Morgan fingerprint density at radius 3 is 2.80 bits per heavy atom. The lowest BCUT2D eigenvalue weighted by atomic mass is 10.1. The van der Waals surface area contributed by atoms with E-state index in [1.165, 1.54) is 11.0 Å². The molecule has 1 N–H and O–H groups in total. The van der Waals surface area contributed by atoms with Gasteiger partial charge in [-0.1, -0.05) is 34.7 Å². The van der Waals surface area contributed by atoms with Crippen molar-refractivity contribution < 1.29 is 18.7 Å². The molecule has 0 unspecified atom stereocenters. The Kier molecular flexibility index (Phi) is 5.71. The van der Waals surface area contributed by atoms with Gasteiger partial charge in [0.25, 0.3) is 5.91 Å². The fraction of sp³-hybridized carbons (Fsp3) is 0.190. The van der Waals surface area contributed by atoms with Crippen LogP contribution in [0.15, 0.2) is 48.5 Å². The smallest absolute Gasteiger partial charge is 0.276 e. The number of amides is 2. The predicted molar refractivity (Wildman–Crippen MR) is 117 cm³/mol. The molecule has 7 nitrogen and oxygen atoms in total. The van der Waals surface area contributed by atoms with Crippen LogP contribution in [-0.2, 0) is 9.22 Å². The summed E-state index contributed by atoms with van der Waals surface area (Å²) in [6, 6.07) is 13.8. The highest BCUT2D eigenvalue weighted by Gasteiger charge is 2.27. The zero-order chi connectivity index (χ0) is 21.3. The van der Waals surface area contributed by atoms with E-state index < -0.39 is 0 Å². The van der Waals surface area contributed by atoms with Gasteiger partial charge in [-0.3, -0.25) is 9.59 Å². The average molecular weight is 520 g/mol. The van der Waals surface area contributed by atoms with Crippen molar-refractivity contribution in [1.29, 1.82) is 0 Å². The third kappa shape index (κ3) is 3.89. The summed E-state index contributed by atoms with van der Waals surface area (Å²) in [5.41, 5.74) is 2.82. The molecule has 2 aromatic carbocycles. The molecule has 2 amide bonds. The standard InChI is InChI=1S/C21H18FIN4O3/c1-30-16-4-2-3-13(8-16)19-9-18(21(29)26-11-20(28)24-12-26)25-27(19)15-5-6-17(22)14(7-15)10-23/h2-9H,10-12H2,1H3,(H,24,28). The molecule has 1 aromatic heterocycles. The minimum atomic E-state index is -0.354. The molecule has 0 atom stereocenters. The second-order valence-electron chi connectivity index (χ2n) is 6.73. The lowest BCUT2D eigenvalue weighted by molar-refractivity contribution is -0.118. The van der Waals surface area contributed by atoms with Crippen LogP contribution in [0.25, 0.3) is 16.9 Å². The first-order valence-electron chi connectivity index (χ1n) is 9.15. The minimum Gasteiger partial charge on any atom is -0.497 e. The summed E-state index contributed by atoms with van der Waals surface area (Å²) in [6.07, 6.45) is 0. The van der Waals surface area contributed by atoms with Crippen molar-refractivity contribution in [3.63, 3.8) is 0 Å². The van der Waals surface area contributed by atoms with E-state index >= 15 is 0 Å². The van der Waals surface area contributed by atoms with E-state index in [1.807, 2.05) is 24.3 Å². The third-order valence-electron chi connectivity index (χ3n) is 4.80. The lowest BCUT2D eigenvalue weighted by Crippen LogP contribution is -2.30. The van der Waals surface area contributed by atoms with Gasteiger partial charge in [0, 0.05) is 9.99 Å². The molecular formula is C21H18FIN4O3. The molecule has 9 heteroatoms. The number of rotatable bonds is 5. The van der Waals surface area contributed by atoms with Crippen molar-refractivity contribution in [3.8, 4) is 22.7 Å². The molecule has 0 aliphatic carbocycles. The number of methoxy groups -OCH3 is 1. The first kappa shape index (κ1) is 20.3. The van der Waals surface area contributed by atoms with Crippen LogP contribution in [0.2, 0.25) is 0 Å². The molecule has 0 spiro atoms. The van der Waals surface area contributed by atoms with Crippen molar-refractivity contribution in [2.75, 3.05) is 20.3 Å². The fourth-order valence-corrected chi connectivity index (χ4v) is 3.82. The van der Waals surface area contributed by atoms with Crippen LogP contribution in [-0.4, -0.2) is 46.8 Å². The van der Waals surface area contributed by atoms with E-state index in [0.717, 1.165) is 5.56 Å². The van der Waals surface area contributed by atoms with Gasteiger partial charge < -0.3 is 15.0 Å². The quantitative estimate of drug-likeness (QED) is 0.415. The van der Waals surface area contributed by atoms with E-state index in [0.29, 0.717) is 27.1 Å². The molecule has 0 saturated carbocycles. The number of nitrogens with zero attached hydrogens (tertiary/aromatic N) is 3. The molecule has 3 aromatic rings. The number of hydrogen-bond acceptors (Lipinski definition) is 4. The molecule has 30 heavy (non-hydrogen) atoms. The van der Waals surface area contributed by atoms with Gasteiger partial charge in [0.15, 0.2) is 5.69 Å².